The van der Waals surface area contributed by atoms with Gasteiger partial charge in [-0.25, -0.2) is 0 Å². The molecule has 0 radical (unpaired) electrons. The number of hydrogen-bond donors (Lipinski definition) is 1. The fourth-order valence-electron chi connectivity index (χ4n) is 1.32. The quantitative estimate of drug-likeness (QED) is 0.759. The fraction of sp³-hybridized carbons (Fsp3) is 0.571. The van der Waals surface area contributed by atoms with Crippen LogP contribution in [0.25, 0.3) is 0 Å². The van der Waals surface area contributed by atoms with Crippen LogP contribution in [0.15, 0.2) is 10.7 Å². The highest BCUT2D eigenvalue weighted by Crippen LogP contribution is 2.17. The molecule has 0 aliphatic carbocycles. The van der Waals surface area contributed by atoms with Crippen molar-refractivity contribution >= 4 is 28.3 Å². The fourth-order valence-corrected chi connectivity index (χ4v) is 1.75. The number of nitrogens with one attached hydrogen (secondary N) is 1. The molecule has 0 fully saturated rings. The summed E-state index contributed by atoms with van der Waals surface area (Å²) in [5.74, 6) is 0. The van der Waals surface area contributed by atoms with Crippen molar-refractivity contribution in [3.8, 4) is 0 Å². The molecule has 0 aromatic carbocycles. The van der Waals surface area contributed by atoms with Crippen LogP contribution in [0.3, 0.4) is 0 Å². The number of fused-ring (bicyclic) bond motifs is 1. The van der Waals surface area contributed by atoms with Gasteiger partial charge in [-0.1, -0.05) is 0 Å². The molecule has 2 heterocycles. The summed E-state index contributed by atoms with van der Waals surface area (Å²) < 4.78 is 3.18. The first-order valence-electron chi connectivity index (χ1n) is 3.79. The third kappa shape index (κ3) is 1.81. The predicted octanol–water partition coefficient (Wildman–Crippen LogP) is 1.56. The Kier molecular flexibility index (Phi) is 3.55. The molecular formula is C7H11BrClN3. The standard InChI is InChI=1S/C7H10BrN3.ClH/c8-6-4-10-11-3-1-2-9-5-7(6)11;/h4,9H,1-3,5H2;1H. The van der Waals surface area contributed by atoms with E-state index in [-0.39, 0.29) is 12.4 Å². The third-order valence-electron chi connectivity index (χ3n) is 1.91. The molecule has 68 valence electrons. The van der Waals surface area contributed by atoms with Crippen LogP contribution in [0.5, 0.6) is 0 Å². The van der Waals surface area contributed by atoms with E-state index in [2.05, 4.69) is 31.0 Å². The average molecular weight is 253 g/mol. The van der Waals surface area contributed by atoms with Crippen LogP contribution in [-0.4, -0.2) is 16.3 Å². The van der Waals surface area contributed by atoms with E-state index in [0.717, 1.165) is 24.1 Å². The second kappa shape index (κ2) is 4.25. The van der Waals surface area contributed by atoms with Gasteiger partial charge in [0.15, 0.2) is 0 Å². The summed E-state index contributed by atoms with van der Waals surface area (Å²) >= 11 is 3.46. The van der Waals surface area contributed by atoms with E-state index in [4.69, 9.17) is 0 Å². The van der Waals surface area contributed by atoms with Crippen molar-refractivity contribution in [2.24, 2.45) is 0 Å². The number of nitrogens with zero attached hydrogens (tertiary/aromatic N) is 2. The predicted molar refractivity (Wildman–Crippen MR) is 53.5 cm³/mol. The van der Waals surface area contributed by atoms with Crippen molar-refractivity contribution in [1.29, 1.82) is 0 Å². The topological polar surface area (TPSA) is 29.9 Å². The summed E-state index contributed by atoms with van der Waals surface area (Å²) in [6.07, 6.45) is 3.03. The van der Waals surface area contributed by atoms with E-state index in [9.17, 15) is 0 Å². The second-order valence-corrected chi connectivity index (χ2v) is 3.55. The molecule has 2 rings (SSSR count). The first-order valence-corrected chi connectivity index (χ1v) is 4.58. The van der Waals surface area contributed by atoms with Crippen LogP contribution < -0.4 is 5.32 Å². The second-order valence-electron chi connectivity index (χ2n) is 2.69. The van der Waals surface area contributed by atoms with E-state index < -0.39 is 0 Å². The molecule has 3 nitrogen and oxygen atoms in total. The Bertz CT molecular complexity index is 261. The van der Waals surface area contributed by atoms with Crippen LogP contribution in [0.1, 0.15) is 12.1 Å². The minimum absolute atomic E-state index is 0. The van der Waals surface area contributed by atoms with Crippen LogP contribution in [0, 0.1) is 0 Å². The molecule has 1 aliphatic heterocycles. The zero-order chi connectivity index (χ0) is 7.68. The van der Waals surface area contributed by atoms with Gasteiger partial charge in [-0.05, 0) is 28.9 Å². The molecule has 0 spiro atoms. The number of hydrogen-bond acceptors (Lipinski definition) is 2. The lowest BCUT2D eigenvalue weighted by Crippen LogP contribution is -2.12. The molecule has 5 heteroatoms. The molecule has 0 saturated heterocycles. The minimum Gasteiger partial charge on any atom is -0.311 e. The van der Waals surface area contributed by atoms with Gasteiger partial charge in [0.25, 0.3) is 0 Å². The van der Waals surface area contributed by atoms with Gasteiger partial charge in [-0.3, -0.25) is 4.68 Å². The number of aromatic nitrogens is 2. The van der Waals surface area contributed by atoms with Gasteiger partial charge in [-0.2, -0.15) is 5.10 Å². The molecule has 12 heavy (non-hydrogen) atoms. The van der Waals surface area contributed by atoms with Gasteiger partial charge in [0.05, 0.1) is 16.4 Å². The summed E-state index contributed by atoms with van der Waals surface area (Å²) in [6.45, 7) is 3.06. The van der Waals surface area contributed by atoms with E-state index in [1.54, 1.807) is 0 Å². The lowest BCUT2D eigenvalue weighted by Gasteiger charge is -2.00. The van der Waals surface area contributed by atoms with Crippen LogP contribution in [0.4, 0.5) is 0 Å². The Hall–Kier alpha value is -0.0600. The summed E-state index contributed by atoms with van der Waals surface area (Å²) in [6, 6.07) is 0. The summed E-state index contributed by atoms with van der Waals surface area (Å²) in [7, 11) is 0. The molecule has 1 N–H and O–H groups in total. The molecule has 0 atom stereocenters. The van der Waals surface area contributed by atoms with Gasteiger partial charge in [-0.15, -0.1) is 12.4 Å². The minimum atomic E-state index is 0. The molecule has 0 bridgehead atoms. The van der Waals surface area contributed by atoms with Gasteiger partial charge < -0.3 is 5.32 Å². The summed E-state index contributed by atoms with van der Waals surface area (Å²) in [5.41, 5.74) is 1.27. The maximum Gasteiger partial charge on any atom is 0.0664 e. The van der Waals surface area contributed by atoms with Gasteiger partial charge in [0.2, 0.25) is 0 Å². The van der Waals surface area contributed by atoms with Gasteiger partial charge in [0, 0.05) is 13.1 Å². The Balaban J connectivity index is 0.000000720. The van der Waals surface area contributed by atoms with E-state index >= 15 is 0 Å². The Morgan fingerprint density at radius 1 is 1.58 bits per heavy atom. The zero-order valence-electron chi connectivity index (χ0n) is 6.59. The van der Waals surface area contributed by atoms with E-state index in [1.165, 1.54) is 12.1 Å². The van der Waals surface area contributed by atoms with Crippen molar-refractivity contribution in [2.75, 3.05) is 6.54 Å². The van der Waals surface area contributed by atoms with Crippen molar-refractivity contribution in [3.63, 3.8) is 0 Å². The Morgan fingerprint density at radius 3 is 3.25 bits per heavy atom. The first kappa shape index (κ1) is 10.0. The Labute approximate surface area is 86.1 Å². The largest absolute Gasteiger partial charge is 0.311 e. The molecule has 0 amide bonds. The van der Waals surface area contributed by atoms with E-state index in [1.807, 2.05) is 6.20 Å². The van der Waals surface area contributed by atoms with Crippen LogP contribution in [-0.2, 0) is 13.1 Å². The smallest absolute Gasteiger partial charge is 0.0664 e. The van der Waals surface area contributed by atoms with Gasteiger partial charge in [0.1, 0.15) is 0 Å². The van der Waals surface area contributed by atoms with Crippen molar-refractivity contribution in [3.05, 3.63) is 16.4 Å². The number of aryl methyl sites for hydroxylation is 1. The summed E-state index contributed by atoms with van der Waals surface area (Å²) in [4.78, 5) is 0. The molecule has 0 unspecified atom stereocenters. The highest BCUT2D eigenvalue weighted by Gasteiger charge is 2.10. The highest BCUT2D eigenvalue weighted by atomic mass is 79.9. The maximum atomic E-state index is 4.25. The molecule has 1 aromatic rings. The van der Waals surface area contributed by atoms with E-state index in [0.29, 0.717) is 0 Å². The van der Waals surface area contributed by atoms with Crippen molar-refractivity contribution in [2.45, 2.75) is 19.5 Å². The molecule has 0 saturated carbocycles. The summed E-state index contributed by atoms with van der Waals surface area (Å²) in [5, 5.41) is 7.59. The zero-order valence-corrected chi connectivity index (χ0v) is 8.99. The normalized spacial score (nSPS) is 16.1. The van der Waals surface area contributed by atoms with Gasteiger partial charge >= 0.3 is 0 Å². The lowest BCUT2D eigenvalue weighted by atomic mass is 10.4. The molecular weight excluding hydrogens is 241 g/mol. The monoisotopic (exact) mass is 251 g/mol. The highest BCUT2D eigenvalue weighted by molar-refractivity contribution is 9.10. The first-order chi connectivity index (χ1) is 5.38. The lowest BCUT2D eigenvalue weighted by molar-refractivity contribution is 0.587. The molecule has 1 aromatic heterocycles. The van der Waals surface area contributed by atoms with Crippen LogP contribution in [0.2, 0.25) is 0 Å². The van der Waals surface area contributed by atoms with Crippen molar-refractivity contribution in [1.82, 2.24) is 15.1 Å². The average Bonchev–Trinajstić information content (AvgIpc) is 2.25. The van der Waals surface area contributed by atoms with Crippen molar-refractivity contribution < 1.29 is 0 Å². The number of rotatable bonds is 0. The SMILES string of the molecule is Brc1cnn2c1CNCCC2.Cl. The maximum absolute atomic E-state index is 4.25. The molecule has 1 aliphatic rings. The third-order valence-corrected chi connectivity index (χ3v) is 2.58. The van der Waals surface area contributed by atoms with Crippen LogP contribution >= 0.6 is 28.3 Å². The number of halogens is 2. The Morgan fingerprint density at radius 2 is 2.42 bits per heavy atom.